The van der Waals surface area contributed by atoms with Gasteiger partial charge in [-0.15, -0.1) is 0 Å². The Morgan fingerprint density at radius 1 is 1.55 bits per heavy atom. The molecule has 1 aromatic carbocycles. The summed E-state index contributed by atoms with van der Waals surface area (Å²) in [4.78, 5) is 21.9. The highest BCUT2D eigenvalue weighted by atomic mass is 19.1. The van der Waals surface area contributed by atoms with Gasteiger partial charge < -0.3 is 15.5 Å². The second kappa shape index (κ2) is 7.36. The Labute approximate surface area is 114 Å². The van der Waals surface area contributed by atoms with Crippen molar-refractivity contribution < 1.29 is 18.8 Å². The molecule has 0 atom stereocenters. The van der Waals surface area contributed by atoms with Gasteiger partial charge in [0.2, 0.25) is 0 Å². The minimum atomic E-state index is -0.907. The average Bonchev–Trinajstić information content (AvgIpc) is 2.42. The van der Waals surface area contributed by atoms with Gasteiger partial charge in [0, 0.05) is 20.3 Å². The highest BCUT2D eigenvalue weighted by Gasteiger charge is 2.23. The number of nitro groups is 1. The van der Waals surface area contributed by atoms with E-state index in [-0.39, 0.29) is 17.8 Å². The zero-order chi connectivity index (χ0) is 15.1. The molecule has 0 aliphatic carbocycles. The number of nitrogens with zero attached hydrogens (tertiary/aromatic N) is 1. The number of carbonyl (C=O) groups is 1. The number of ether oxygens (including phenoxy) is 1. The van der Waals surface area contributed by atoms with Crippen molar-refractivity contribution in [3.63, 3.8) is 0 Å². The van der Waals surface area contributed by atoms with Crippen LogP contribution in [-0.2, 0) is 4.74 Å². The first-order valence-corrected chi connectivity index (χ1v) is 5.73. The lowest BCUT2D eigenvalue weighted by atomic mass is 10.1. The van der Waals surface area contributed by atoms with Crippen molar-refractivity contribution >= 4 is 17.3 Å². The van der Waals surface area contributed by atoms with Crippen molar-refractivity contribution in [1.29, 1.82) is 0 Å². The maximum atomic E-state index is 13.4. The van der Waals surface area contributed by atoms with Crippen LogP contribution in [0.25, 0.3) is 0 Å². The summed E-state index contributed by atoms with van der Waals surface area (Å²) in [5.74, 6) is 3.49. The molecule has 9 heteroatoms. The van der Waals surface area contributed by atoms with Crippen molar-refractivity contribution in [3.05, 3.63) is 33.6 Å². The number of carbonyl (C=O) groups excluding carboxylic acids is 1. The minimum Gasteiger partial charge on any atom is -0.385 e. The largest absolute Gasteiger partial charge is 0.385 e. The fraction of sp³-hybridized carbons (Fsp3) is 0.364. The van der Waals surface area contributed by atoms with Crippen LogP contribution in [0.2, 0.25) is 0 Å². The number of amides is 1. The van der Waals surface area contributed by atoms with E-state index in [9.17, 15) is 19.3 Å². The molecule has 0 bridgehead atoms. The Morgan fingerprint density at radius 2 is 2.25 bits per heavy atom. The predicted molar refractivity (Wildman–Crippen MR) is 69.7 cm³/mol. The fourth-order valence-corrected chi connectivity index (χ4v) is 1.52. The van der Waals surface area contributed by atoms with Crippen LogP contribution >= 0.6 is 0 Å². The Balaban J connectivity index is 2.96. The van der Waals surface area contributed by atoms with Crippen LogP contribution in [-0.4, -0.2) is 31.1 Å². The number of anilines is 1. The summed E-state index contributed by atoms with van der Waals surface area (Å²) in [5, 5.41) is 13.3. The molecular weight excluding hydrogens is 271 g/mol. The van der Waals surface area contributed by atoms with Gasteiger partial charge in [0.25, 0.3) is 11.6 Å². The molecule has 0 saturated heterocycles. The first-order chi connectivity index (χ1) is 9.51. The number of benzene rings is 1. The van der Waals surface area contributed by atoms with Gasteiger partial charge in [-0.05, 0) is 12.5 Å². The fourth-order valence-electron chi connectivity index (χ4n) is 1.52. The van der Waals surface area contributed by atoms with Crippen LogP contribution in [0.5, 0.6) is 0 Å². The van der Waals surface area contributed by atoms with Gasteiger partial charge >= 0.3 is 0 Å². The van der Waals surface area contributed by atoms with Crippen molar-refractivity contribution in [3.8, 4) is 0 Å². The minimum absolute atomic E-state index is 0.197. The van der Waals surface area contributed by atoms with Crippen LogP contribution in [0.1, 0.15) is 16.8 Å². The Morgan fingerprint density at radius 3 is 2.80 bits per heavy atom. The zero-order valence-corrected chi connectivity index (χ0v) is 10.8. The molecule has 1 aromatic rings. The Kier molecular flexibility index (Phi) is 5.81. The first-order valence-electron chi connectivity index (χ1n) is 5.73. The van der Waals surface area contributed by atoms with Crippen LogP contribution in [0.4, 0.5) is 15.8 Å². The highest BCUT2D eigenvalue weighted by molar-refractivity contribution is 5.99. The van der Waals surface area contributed by atoms with Crippen molar-refractivity contribution in [2.75, 3.05) is 25.7 Å². The van der Waals surface area contributed by atoms with E-state index in [1.807, 2.05) is 5.43 Å². The van der Waals surface area contributed by atoms with E-state index in [0.29, 0.717) is 19.1 Å². The molecule has 8 nitrogen and oxygen atoms in total. The molecule has 0 fully saturated rings. The molecule has 0 heterocycles. The number of nitrogen functional groups attached to an aromatic ring is 1. The van der Waals surface area contributed by atoms with E-state index < -0.39 is 22.3 Å². The summed E-state index contributed by atoms with van der Waals surface area (Å²) in [6.07, 6.45) is 0.555. The van der Waals surface area contributed by atoms with Gasteiger partial charge in [-0.3, -0.25) is 20.8 Å². The highest BCUT2D eigenvalue weighted by Crippen LogP contribution is 2.25. The molecule has 0 aliphatic rings. The van der Waals surface area contributed by atoms with E-state index >= 15 is 0 Å². The summed E-state index contributed by atoms with van der Waals surface area (Å²) in [5.41, 5.74) is 0.957. The van der Waals surface area contributed by atoms with E-state index in [1.165, 1.54) is 7.11 Å². The quantitative estimate of drug-likeness (QED) is 0.295. The third kappa shape index (κ3) is 3.87. The third-order valence-corrected chi connectivity index (χ3v) is 2.49. The smallest absolute Gasteiger partial charge is 0.285 e. The van der Waals surface area contributed by atoms with Crippen LogP contribution in [0, 0.1) is 15.9 Å². The van der Waals surface area contributed by atoms with Crippen molar-refractivity contribution in [2.45, 2.75) is 6.42 Å². The summed E-state index contributed by atoms with van der Waals surface area (Å²) < 4.78 is 18.2. The molecule has 0 unspecified atom stereocenters. The number of nitrogens with one attached hydrogen (secondary N) is 2. The molecule has 4 N–H and O–H groups in total. The summed E-state index contributed by atoms with van der Waals surface area (Å²) in [7, 11) is 1.52. The number of halogens is 1. The number of hydrogen-bond acceptors (Lipinski definition) is 6. The number of methoxy groups -OCH3 is 1. The number of rotatable bonds is 7. The Bertz CT molecular complexity index is 509. The van der Waals surface area contributed by atoms with Gasteiger partial charge in [0.1, 0.15) is 5.56 Å². The van der Waals surface area contributed by atoms with Crippen LogP contribution in [0.15, 0.2) is 12.1 Å². The van der Waals surface area contributed by atoms with Gasteiger partial charge in [-0.25, -0.2) is 4.39 Å². The lowest BCUT2D eigenvalue weighted by Crippen LogP contribution is -2.26. The molecule has 0 aromatic heterocycles. The molecule has 1 amide bonds. The van der Waals surface area contributed by atoms with E-state index in [4.69, 9.17) is 10.6 Å². The molecule has 0 radical (unpaired) electrons. The van der Waals surface area contributed by atoms with Crippen LogP contribution in [0.3, 0.4) is 0 Å². The van der Waals surface area contributed by atoms with Crippen LogP contribution < -0.4 is 16.6 Å². The lowest BCUT2D eigenvalue weighted by Gasteiger charge is -2.08. The van der Waals surface area contributed by atoms with Gasteiger partial charge in [-0.1, -0.05) is 0 Å². The van der Waals surface area contributed by atoms with E-state index in [0.717, 1.165) is 6.07 Å². The second-order valence-corrected chi connectivity index (χ2v) is 3.85. The monoisotopic (exact) mass is 286 g/mol. The zero-order valence-electron chi connectivity index (χ0n) is 10.8. The number of nitrogens with two attached hydrogens (primary N) is 1. The Hall–Kier alpha value is -2.26. The number of nitro benzene ring substituents is 1. The standard InChI is InChI=1S/C11H15FN4O4/c1-20-4-2-3-14-11(17)7-5-9(15-13)8(12)6-10(7)16(18)19/h5-6,15H,2-4,13H2,1H3,(H,14,17). The predicted octanol–water partition coefficient (Wildman–Crippen LogP) is 0.786. The summed E-state index contributed by atoms with van der Waals surface area (Å²) >= 11 is 0. The number of hydrogen-bond donors (Lipinski definition) is 3. The SMILES string of the molecule is COCCCNC(=O)c1cc(NN)c(F)cc1[N+](=O)[O-]. The van der Waals surface area contributed by atoms with E-state index in [2.05, 4.69) is 5.32 Å². The van der Waals surface area contributed by atoms with Gasteiger partial charge in [-0.2, -0.15) is 0 Å². The average molecular weight is 286 g/mol. The normalized spacial score (nSPS) is 10.2. The summed E-state index contributed by atoms with van der Waals surface area (Å²) in [6, 6.07) is 1.65. The van der Waals surface area contributed by atoms with Crippen molar-refractivity contribution in [2.24, 2.45) is 5.84 Å². The molecule has 20 heavy (non-hydrogen) atoms. The van der Waals surface area contributed by atoms with Crippen molar-refractivity contribution in [1.82, 2.24) is 5.32 Å². The molecular formula is C11H15FN4O4. The van der Waals surface area contributed by atoms with E-state index in [1.54, 1.807) is 0 Å². The lowest BCUT2D eigenvalue weighted by molar-refractivity contribution is -0.385. The number of hydrazine groups is 1. The van der Waals surface area contributed by atoms with Gasteiger partial charge in [0.05, 0.1) is 16.7 Å². The molecule has 1 rings (SSSR count). The second-order valence-electron chi connectivity index (χ2n) is 3.85. The molecule has 0 aliphatic heterocycles. The first kappa shape index (κ1) is 15.8. The molecule has 110 valence electrons. The topological polar surface area (TPSA) is 120 Å². The molecule has 0 spiro atoms. The van der Waals surface area contributed by atoms with Gasteiger partial charge in [0.15, 0.2) is 5.82 Å². The maximum Gasteiger partial charge on any atom is 0.285 e. The maximum absolute atomic E-state index is 13.4. The third-order valence-electron chi connectivity index (χ3n) is 2.49. The molecule has 0 saturated carbocycles. The summed E-state index contributed by atoms with van der Waals surface area (Å²) in [6.45, 7) is 0.730.